The number of benzene rings is 2. The van der Waals surface area contributed by atoms with Crippen molar-refractivity contribution in [3.8, 4) is 11.3 Å². The molecule has 4 aromatic rings. The van der Waals surface area contributed by atoms with Crippen LogP contribution in [0.1, 0.15) is 39.5 Å². The summed E-state index contributed by atoms with van der Waals surface area (Å²) in [5.74, 6) is 0.636. The van der Waals surface area contributed by atoms with Gasteiger partial charge in [0.05, 0.1) is 24.4 Å². The zero-order valence-corrected chi connectivity index (χ0v) is 19.9. The van der Waals surface area contributed by atoms with Crippen molar-refractivity contribution in [1.29, 1.82) is 0 Å². The molecule has 6 nitrogen and oxygen atoms in total. The number of hydrogen-bond donors (Lipinski definition) is 1. The molecule has 1 aliphatic rings. The maximum Gasteiger partial charge on any atom is 0.337 e. The van der Waals surface area contributed by atoms with E-state index >= 15 is 0 Å². The molecule has 2 atom stereocenters. The molecular weight excluding hydrogens is 465 g/mol. The topological polar surface area (TPSA) is 67.6 Å². The molecule has 3 heterocycles. The van der Waals surface area contributed by atoms with Gasteiger partial charge in [-0.15, -0.1) is 0 Å². The van der Waals surface area contributed by atoms with Crippen LogP contribution in [0.25, 0.3) is 11.3 Å². The van der Waals surface area contributed by atoms with Gasteiger partial charge in [0.1, 0.15) is 23.4 Å². The van der Waals surface area contributed by atoms with Gasteiger partial charge in [-0.1, -0.05) is 18.2 Å². The Morgan fingerprint density at radius 2 is 1.91 bits per heavy atom. The number of hydrogen-bond acceptors (Lipinski definition) is 5. The SMILES string of the molecule is COC(=O)c1ccc(-c2ccc(C3C(c4ccccn4)NC(=S)N3c3ccc(F)c(C)c3)o2)cc1. The number of nitrogens with zero attached hydrogens (tertiary/aromatic N) is 2. The minimum Gasteiger partial charge on any atom is -0.465 e. The highest BCUT2D eigenvalue weighted by atomic mass is 32.1. The number of aryl methyl sites for hydroxylation is 1. The van der Waals surface area contributed by atoms with Crippen molar-refractivity contribution in [2.45, 2.75) is 19.0 Å². The molecule has 8 heteroatoms. The van der Waals surface area contributed by atoms with E-state index in [4.69, 9.17) is 21.4 Å². The van der Waals surface area contributed by atoms with Crippen molar-refractivity contribution >= 4 is 29.0 Å². The molecular formula is C27H22FN3O3S. The lowest BCUT2D eigenvalue weighted by molar-refractivity contribution is 0.0600. The van der Waals surface area contributed by atoms with Crippen molar-refractivity contribution in [3.05, 3.63) is 107 Å². The molecule has 0 radical (unpaired) electrons. The molecule has 0 saturated carbocycles. The first kappa shape index (κ1) is 22.7. The third-order valence-corrected chi connectivity index (χ3v) is 6.34. The van der Waals surface area contributed by atoms with Gasteiger partial charge in [-0.3, -0.25) is 4.98 Å². The fourth-order valence-electron chi connectivity index (χ4n) is 4.26. The molecule has 0 amide bonds. The van der Waals surface area contributed by atoms with Crippen molar-refractivity contribution < 1.29 is 18.3 Å². The first-order valence-electron chi connectivity index (χ1n) is 11.0. The molecule has 0 spiro atoms. The molecule has 2 unspecified atom stereocenters. The van der Waals surface area contributed by atoms with Gasteiger partial charge in [0.15, 0.2) is 5.11 Å². The van der Waals surface area contributed by atoms with Gasteiger partial charge in [-0.05, 0) is 79.3 Å². The number of carbonyl (C=O) groups is 1. The fourth-order valence-corrected chi connectivity index (χ4v) is 4.60. The van der Waals surface area contributed by atoms with Crippen LogP contribution >= 0.6 is 12.2 Å². The molecule has 176 valence electrons. The summed E-state index contributed by atoms with van der Waals surface area (Å²) in [6.07, 6.45) is 1.73. The minimum absolute atomic E-state index is 0.277. The van der Waals surface area contributed by atoms with Crippen molar-refractivity contribution in [2.75, 3.05) is 12.0 Å². The molecule has 0 aliphatic carbocycles. The number of thiocarbonyl (C=S) groups is 1. The molecule has 2 aromatic carbocycles. The lowest BCUT2D eigenvalue weighted by Crippen LogP contribution is -2.29. The minimum atomic E-state index is -0.398. The number of halogens is 1. The van der Waals surface area contributed by atoms with E-state index in [0.29, 0.717) is 27.8 Å². The summed E-state index contributed by atoms with van der Waals surface area (Å²) < 4.78 is 25.1. The van der Waals surface area contributed by atoms with E-state index in [1.165, 1.54) is 13.2 Å². The molecule has 1 saturated heterocycles. The maximum absolute atomic E-state index is 14.0. The second-order valence-corrected chi connectivity index (χ2v) is 8.59. The molecule has 5 rings (SSSR count). The van der Waals surface area contributed by atoms with Crippen molar-refractivity contribution in [3.63, 3.8) is 0 Å². The van der Waals surface area contributed by atoms with Crippen LogP contribution < -0.4 is 10.2 Å². The number of anilines is 1. The number of esters is 1. The number of pyridine rings is 1. The van der Waals surface area contributed by atoms with Crippen LogP contribution in [0, 0.1) is 12.7 Å². The molecule has 1 aliphatic heterocycles. The van der Waals surface area contributed by atoms with Gasteiger partial charge < -0.3 is 19.4 Å². The van der Waals surface area contributed by atoms with E-state index in [1.54, 1.807) is 37.4 Å². The van der Waals surface area contributed by atoms with Gasteiger partial charge in [0, 0.05) is 17.4 Å². The predicted octanol–water partition coefficient (Wildman–Crippen LogP) is 5.75. The standard InChI is InChI=1S/C27H22FN3O3S/c1-16-15-19(10-11-20(16)28)31-25(24(30-27(31)35)21-5-3-4-14-29-21)23-13-12-22(34-23)17-6-8-18(9-7-17)26(32)33-2/h3-15,24-25H,1-2H3,(H,30,35). The first-order chi connectivity index (χ1) is 17.0. The van der Waals surface area contributed by atoms with Crippen LogP contribution in [-0.2, 0) is 4.74 Å². The lowest BCUT2D eigenvalue weighted by Gasteiger charge is -2.26. The van der Waals surface area contributed by atoms with Crippen LogP contribution in [-0.4, -0.2) is 23.2 Å². The maximum atomic E-state index is 14.0. The smallest absolute Gasteiger partial charge is 0.337 e. The average molecular weight is 488 g/mol. The summed E-state index contributed by atoms with van der Waals surface area (Å²) >= 11 is 5.71. The number of rotatable bonds is 5. The Morgan fingerprint density at radius 3 is 2.60 bits per heavy atom. The Kier molecular flexibility index (Phi) is 6.05. The highest BCUT2D eigenvalue weighted by Crippen LogP contribution is 2.43. The Morgan fingerprint density at radius 1 is 1.11 bits per heavy atom. The van der Waals surface area contributed by atoms with E-state index in [0.717, 1.165) is 16.9 Å². The number of furan rings is 1. The lowest BCUT2D eigenvalue weighted by atomic mass is 10.0. The summed E-state index contributed by atoms with van der Waals surface area (Å²) in [4.78, 5) is 18.2. The van der Waals surface area contributed by atoms with Gasteiger partial charge in [0.2, 0.25) is 0 Å². The summed E-state index contributed by atoms with van der Waals surface area (Å²) in [5, 5.41) is 3.86. The normalized spacial score (nSPS) is 17.3. The van der Waals surface area contributed by atoms with Crippen LogP contribution in [0.15, 0.2) is 83.4 Å². The fraction of sp³-hybridized carbons (Fsp3) is 0.148. The Balaban J connectivity index is 1.55. The van der Waals surface area contributed by atoms with Crippen LogP contribution in [0.2, 0.25) is 0 Å². The first-order valence-corrected chi connectivity index (χ1v) is 11.4. The van der Waals surface area contributed by atoms with Gasteiger partial charge >= 0.3 is 5.97 Å². The number of ether oxygens (including phenoxy) is 1. The Hall–Kier alpha value is -4.04. The van der Waals surface area contributed by atoms with Gasteiger partial charge in [0.25, 0.3) is 0 Å². The zero-order chi connectivity index (χ0) is 24.5. The van der Waals surface area contributed by atoms with Crippen LogP contribution in [0.3, 0.4) is 0 Å². The molecule has 2 aromatic heterocycles. The molecule has 1 fully saturated rings. The van der Waals surface area contributed by atoms with Crippen molar-refractivity contribution in [1.82, 2.24) is 10.3 Å². The second kappa shape index (κ2) is 9.31. The average Bonchev–Trinajstić information content (AvgIpc) is 3.50. The summed E-state index contributed by atoms with van der Waals surface area (Å²) in [5.41, 5.74) is 3.36. The Labute approximate surface area is 207 Å². The molecule has 0 bridgehead atoms. The van der Waals surface area contributed by atoms with E-state index < -0.39 is 5.97 Å². The highest BCUT2D eigenvalue weighted by Gasteiger charge is 2.42. The predicted molar refractivity (Wildman–Crippen MR) is 135 cm³/mol. The summed E-state index contributed by atoms with van der Waals surface area (Å²) in [6.45, 7) is 1.72. The number of aromatic nitrogens is 1. The van der Waals surface area contributed by atoms with E-state index in [1.807, 2.05) is 47.4 Å². The molecule has 35 heavy (non-hydrogen) atoms. The monoisotopic (exact) mass is 487 g/mol. The third-order valence-electron chi connectivity index (χ3n) is 6.03. The van der Waals surface area contributed by atoms with Gasteiger partial charge in [-0.2, -0.15) is 0 Å². The second-order valence-electron chi connectivity index (χ2n) is 8.20. The molecule has 1 N–H and O–H groups in total. The third kappa shape index (κ3) is 4.28. The van der Waals surface area contributed by atoms with E-state index in [9.17, 15) is 9.18 Å². The highest BCUT2D eigenvalue weighted by molar-refractivity contribution is 7.80. The largest absolute Gasteiger partial charge is 0.465 e. The zero-order valence-electron chi connectivity index (χ0n) is 19.1. The Bertz CT molecular complexity index is 1390. The van der Waals surface area contributed by atoms with Gasteiger partial charge in [-0.25, -0.2) is 9.18 Å². The number of carbonyl (C=O) groups excluding carboxylic acids is 1. The number of nitrogens with one attached hydrogen (secondary N) is 1. The van der Waals surface area contributed by atoms with E-state index in [2.05, 4.69) is 10.3 Å². The summed E-state index contributed by atoms with van der Waals surface area (Å²) in [7, 11) is 1.35. The quantitative estimate of drug-likeness (QED) is 0.284. The summed E-state index contributed by atoms with van der Waals surface area (Å²) in [6, 6.07) is 20.8. The van der Waals surface area contributed by atoms with Crippen LogP contribution in [0.4, 0.5) is 10.1 Å². The van der Waals surface area contributed by atoms with Crippen LogP contribution in [0.5, 0.6) is 0 Å². The van der Waals surface area contributed by atoms with E-state index in [-0.39, 0.29) is 17.9 Å². The number of methoxy groups -OCH3 is 1. The van der Waals surface area contributed by atoms with Crippen molar-refractivity contribution in [2.24, 2.45) is 0 Å².